The summed E-state index contributed by atoms with van der Waals surface area (Å²) in [7, 11) is 0. The number of rotatable bonds is 12. The van der Waals surface area contributed by atoms with Gasteiger partial charge in [0.2, 0.25) is 5.91 Å². The van der Waals surface area contributed by atoms with Gasteiger partial charge in [-0.2, -0.15) is 13.2 Å². The molecule has 0 spiro atoms. The van der Waals surface area contributed by atoms with Crippen molar-refractivity contribution >= 4 is 11.9 Å². The first kappa shape index (κ1) is 38.6. The molecular formula is C38H39F6N3O5. The molecule has 2 aliphatic rings. The first-order valence-electron chi connectivity index (χ1n) is 16.8. The summed E-state index contributed by atoms with van der Waals surface area (Å²) in [6.45, 7) is 7.67. The number of terminal acetylenes is 1. The number of ether oxygens (including phenoxy) is 1. The first-order valence-corrected chi connectivity index (χ1v) is 16.8. The van der Waals surface area contributed by atoms with Crippen LogP contribution in [-0.4, -0.2) is 58.3 Å². The monoisotopic (exact) mass is 731 g/mol. The third-order valence-corrected chi connectivity index (χ3v) is 9.68. The van der Waals surface area contributed by atoms with Crippen molar-refractivity contribution in [1.82, 2.24) is 14.8 Å². The lowest BCUT2D eigenvalue weighted by molar-refractivity contribution is -0.139. The Labute approximate surface area is 296 Å². The number of carbonyl (C=O) groups excluding carboxylic acids is 1. The molecule has 0 unspecified atom stereocenters. The molecule has 278 valence electrons. The lowest BCUT2D eigenvalue weighted by Gasteiger charge is -2.28. The number of hydrogen-bond acceptors (Lipinski definition) is 5. The summed E-state index contributed by atoms with van der Waals surface area (Å²) in [4.78, 5) is 41.5. The van der Waals surface area contributed by atoms with Crippen LogP contribution in [0.3, 0.4) is 0 Å². The van der Waals surface area contributed by atoms with Gasteiger partial charge in [-0.05, 0) is 79.5 Å². The van der Waals surface area contributed by atoms with Crippen LogP contribution in [0.5, 0.6) is 0 Å². The van der Waals surface area contributed by atoms with Crippen molar-refractivity contribution in [3.63, 3.8) is 0 Å². The molecule has 1 amide bonds. The minimum atomic E-state index is -4.88. The minimum absolute atomic E-state index is 0.00900. The number of nitrogens with one attached hydrogen (secondary N) is 1. The molecular weight excluding hydrogens is 692 g/mol. The van der Waals surface area contributed by atoms with Crippen LogP contribution < -0.4 is 10.9 Å². The van der Waals surface area contributed by atoms with Crippen molar-refractivity contribution in [1.29, 1.82) is 0 Å². The van der Waals surface area contributed by atoms with Gasteiger partial charge in [0.1, 0.15) is 23.5 Å². The highest BCUT2D eigenvalue weighted by Gasteiger charge is 2.40. The van der Waals surface area contributed by atoms with E-state index in [0.29, 0.717) is 19.2 Å². The fourth-order valence-electron chi connectivity index (χ4n) is 7.36. The van der Waals surface area contributed by atoms with E-state index in [1.54, 1.807) is 13.8 Å². The van der Waals surface area contributed by atoms with E-state index < -0.39 is 76.3 Å². The molecule has 2 N–H and O–H groups in total. The number of morpholine rings is 1. The molecule has 1 aromatic heterocycles. The molecule has 2 bridgehead atoms. The predicted molar refractivity (Wildman–Crippen MR) is 180 cm³/mol. The zero-order valence-electron chi connectivity index (χ0n) is 29.0. The zero-order chi connectivity index (χ0) is 38.2. The van der Waals surface area contributed by atoms with Gasteiger partial charge in [0.25, 0.3) is 5.56 Å². The Hall–Kier alpha value is -4.61. The molecule has 0 saturated carbocycles. The van der Waals surface area contributed by atoms with E-state index in [1.807, 2.05) is 4.90 Å². The van der Waals surface area contributed by atoms with Crippen LogP contribution in [0.25, 0.3) is 11.1 Å². The number of halogens is 6. The Morgan fingerprint density at radius 3 is 2.31 bits per heavy atom. The second-order valence-electron chi connectivity index (χ2n) is 13.9. The number of aromatic nitrogens is 1. The molecule has 3 heterocycles. The molecule has 2 saturated heterocycles. The number of aryl methyl sites for hydroxylation is 2. The SMILES string of the molecule is C#Cc1cc(-c2c(C)cc(F)cc2C)c(F)c([C@H](CC(=O)O)NC(=O)[C@H](CC(C)C)n2cc(CCN3C[C@H]4C[C@@H]3CO4)c(C(F)(F)F)cc2=O)c1F. The normalized spacial score (nSPS) is 18.4. The molecule has 0 radical (unpaired) electrons. The van der Waals surface area contributed by atoms with E-state index in [-0.39, 0.29) is 65.3 Å². The third-order valence-electron chi connectivity index (χ3n) is 9.68. The molecule has 2 aliphatic heterocycles. The number of aliphatic carboxylic acids is 1. The largest absolute Gasteiger partial charge is 0.481 e. The maximum atomic E-state index is 16.5. The van der Waals surface area contributed by atoms with Gasteiger partial charge in [-0.3, -0.25) is 19.3 Å². The average molecular weight is 732 g/mol. The molecule has 2 aromatic carbocycles. The van der Waals surface area contributed by atoms with E-state index >= 15 is 8.78 Å². The lowest BCUT2D eigenvalue weighted by Crippen LogP contribution is -2.41. The molecule has 14 heteroatoms. The number of pyridine rings is 1. The third kappa shape index (κ3) is 8.05. The zero-order valence-corrected chi connectivity index (χ0v) is 29.0. The highest BCUT2D eigenvalue weighted by atomic mass is 19.4. The van der Waals surface area contributed by atoms with Crippen LogP contribution in [0.4, 0.5) is 26.3 Å². The molecule has 52 heavy (non-hydrogen) atoms. The highest BCUT2D eigenvalue weighted by Crippen LogP contribution is 2.38. The summed E-state index contributed by atoms with van der Waals surface area (Å²) in [6.07, 6.45) is 1.22. The molecule has 2 fully saturated rings. The number of carboxylic acids is 1. The predicted octanol–water partition coefficient (Wildman–Crippen LogP) is 6.48. The quantitative estimate of drug-likeness (QED) is 0.163. The standard InChI is InChI=1S/C38H39F6N3O5/c1-6-22-12-27(33-20(4)10-24(39)11-21(33)5)36(41)34(35(22)40)29(15-32(49)50)45-37(51)30(9-19(2)3)47-16-23(28(14-31(47)48)38(42,43)44)7-8-46-17-26-13-25(46)18-52-26/h1,10-12,14,16,19,25-26,29-30H,7-9,13,15,17-18H2,2-5H3,(H,45,51)(H,49,50)/t25-,26-,29+,30+/m1/s1. The molecule has 5 rings (SSSR count). The number of amides is 1. The Morgan fingerprint density at radius 1 is 1.10 bits per heavy atom. The molecule has 3 aromatic rings. The van der Waals surface area contributed by atoms with Gasteiger partial charge in [0.05, 0.1) is 36.3 Å². The summed E-state index contributed by atoms with van der Waals surface area (Å²) >= 11 is 0. The van der Waals surface area contributed by atoms with E-state index in [1.165, 1.54) is 13.8 Å². The Kier molecular flexibility index (Phi) is 11.3. The van der Waals surface area contributed by atoms with Gasteiger partial charge in [0, 0.05) is 42.5 Å². The fraction of sp³-hybridized carbons (Fsp3) is 0.447. The van der Waals surface area contributed by atoms with Crippen molar-refractivity contribution < 1.29 is 45.8 Å². The van der Waals surface area contributed by atoms with Gasteiger partial charge in [0.15, 0.2) is 0 Å². The van der Waals surface area contributed by atoms with Crippen LogP contribution in [-0.2, 0) is 26.9 Å². The van der Waals surface area contributed by atoms with E-state index in [9.17, 15) is 37.1 Å². The van der Waals surface area contributed by atoms with Crippen molar-refractivity contribution in [2.75, 3.05) is 19.7 Å². The van der Waals surface area contributed by atoms with E-state index in [2.05, 4.69) is 11.2 Å². The second-order valence-corrected chi connectivity index (χ2v) is 13.9. The maximum Gasteiger partial charge on any atom is 0.416 e. The average Bonchev–Trinajstić information content (AvgIpc) is 3.66. The second kappa shape index (κ2) is 15.2. The van der Waals surface area contributed by atoms with Gasteiger partial charge in [-0.15, -0.1) is 6.42 Å². The van der Waals surface area contributed by atoms with Crippen molar-refractivity contribution in [3.05, 3.63) is 91.6 Å². The number of fused-ring (bicyclic) bond motifs is 2. The smallest absolute Gasteiger partial charge is 0.416 e. The summed E-state index contributed by atoms with van der Waals surface area (Å²) in [5, 5.41) is 12.2. The van der Waals surface area contributed by atoms with Crippen molar-refractivity contribution in [3.8, 4) is 23.5 Å². The van der Waals surface area contributed by atoms with Crippen LogP contribution in [0.2, 0.25) is 0 Å². The van der Waals surface area contributed by atoms with Crippen LogP contribution in [0.1, 0.15) is 78.6 Å². The summed E-state index contributed by atoms with van der Waals surface area (Å²) in [5.41, 5.74) is -3.39. The molecule has 8 nitrogen and oxygen atoms in total. The van der Waals surface area contributed by atoms with Gasteiger partial charge >= 0.3 is 12.1 Å². The van der Waals surface area contributed by atoms with Gasteiger partial charge in [-0.1, -0.05) is 19.8 Å². The van der Waals surface area contributed by atoms with Crippen LogP contribution in [0, 0.1) is 49.6 Å². The number of carboxylic acid groups (broad SMARTS) is 1. The number of likely N-dealkylation sites (tertiary alicyclic amines) is 1. The van der Waals surface area contributed by atoms with Crippen molar-refractivity contribution in [2.45, 2.75) is 83.8 Å². The van der Waals surface area contributed by atoms with Gasteiger partial charge in [-0.25, -0.2) is 13.2 Å². The first-order chi connectivity index (χ1) is 24.4. The minimum Gasteiger partial charge on any atom is -0.481 e. The van der Waals surface area contributed by atoms with Crippen LogP contribution >= 0.6 is 0 Å². The summed E-state index contributed by atoms with van der Waals surface area (Å²) in [5.74, 6) is -3.99. The fourth-order valence-corrected chi connectivity index (χ4v) is 7.36. The van der Waals surface area contributed by atoms with E-state index in [0.717, 1.165) is 35.4 Å². The Bertz CT molecular complexity index is 1960. The number of carbonyl (C=O) groups is 2. The molecule has 0 aliphatic carbocycles. The summed E-state index contributed by atoms with van der Waals surface area (Å²) < 4.78 is 95.6. The topological polar surface area (TPSA) is 101 Å². The van der Waals surface area contributed by atoms with Gasteiger partial charge < -0.3 is 19.7 Å². The number of hydrogen-bond donors (Lipinski definition) is 2. The van der Waals surface area contributed by atoms with E-state index in [4.69, 9.17) is 11.2 Å². The highest BCUT2D eigenvalue weighted by molar-refractivity contribution is 5.82. The maximum absolute atomic E-state index is 16.5. The lowest BCUT2D eigenvalue weighted by atomic mass is 9.89. The number of nitrogens with zero attached hydrogens (tertiary/aromatic N) is 2. The summed E-state index contributed by atoms with van der Waals surface area (Å²) in [6, 6.07) is 0.418. The molecule has 4 atom stereocenters. The number of alkyl halides is 3. The number of benzene rings is 2. The van der Waals surface area contributed by atoms with Crippen molar-refractivity contribution in [2.24, 2.45) is 5.92 Å². The Balaban J connectivity index is 1.57. The van der Waals surface area contributed by atoms with Crippen LogP contribution in [0.15, 0.2) is 35.3 Å². The Morgan fingerprint density at radius 2 is 1.77 bits per heavy atom.